The van der Waals surface area contributed by atoms with Crippen molar-refractivity contribution < 1.29 is 14.3 Å². The number of hydrogen-bond acceptors (Lipinski definition) is 3. The maximum atomic E-state index is 12.8. The van der Waals surface area contributed by atoms with Crippen molar-refractivity contribution in [2.24, 2.45) is 5.92 Å². The van der Waals surface area contributed by atoms with Gasteiger partial charge in [-0.2, -0.15) is 0 Å². The summed E-state index contributed by atoms with van der Waals surface area (Å²) in [7, 11) is 0. The zero-order chi connectivity index (χ0) is 20.5. The fourth-order valence-electron chi connectivity index (χ4n) is 2.79. The second-order valence-electron chi connectivity index (χ2n) is 7.54. The summed E-state index contributed by atoms with van der Waals surface area (Å²) >= 11 is 0. The number of ether oxygens (including phenoxy) is 1. The minimum atomic E-state index is -0.712. The highest BCUT2D eigenvalue weighted by atomic mass is 16.5. The number of carbonyl (C=O) groups excluding carboxylic acids is 2. The molecule has 0 saturated carbocycles. The molecule has 2 rings (SSSR count). The molecule has 0 aliphatic rings. The van der Waals surface area contributed by atoms with Crippen molar-refractivity contribution in [3.8, 4) is 5.75 Å². The van der Waals surface area contributed by atoms with E-state index in [4.69, 9.17) is 4.74 Å². The predicted molar refractivity (Wildman–Crippen MR) is 111 cm³/mol. The Hall–Kier alpha value is -2.82. The minimum Gasteiger partial charge on any atom is -0.491 e. The molecule has 2 N–H and O–H groups in total. The maximum Gasteiger partial charge on any atom is 0.247 e. The average molecular weight is 383 g/mol. The van der Waals surface area contributed by atoms with Gasteiger partial charge in [-0.25, -0.2) is 0 Å². The number of hydrogen-bond donors (Lipinski definition) is 2. The Morgan fingerprint density at radius 1 is 0.929 bits per heavy atom. The van der Waals surface area contributed by atoms with E-state index in [2.05, 4.69) is 10.6 Å². The van der Waals surface area contributed by atoms with Crippen LogP contribution < -0.4 is 15.4 Å². The Bertz CT molecular complexity index is 755. The van der Waals surface area contributed by atoms with E-state index in [1.165, 1.54) is 0 Å². The molecule has 1 atom stereocenters. The van der Waals surface area contributed by atoms with Gasteiger partial charge in [0, 0.05) is 13.0 Å². The molecule has 0 aromatic heterocycles. The smallest absolute Gasteiger partial charge is 0.247 e. The lowest BCUT2D eigenvalue weighted by Gasteiger charge is -2.19. The van der Waals surface area contributed by atoms with Crippen LogP contribution in [0.2, 0.25) is 0 Å². The van der Waals surface area contributed by atoms with Crippen molar-refractivity contribution >= 4 is 11.8 Å². The number of amides is 2. The van der Waals surface area contributed by atoms with E-state index in [9.17, 15) is 9.59 Å². The fraction of sp³-hybridized carbons (Fsp3) is 0.391. The second-order valence-corrected chi connectivity index (χ2v) is 7.54. The van der Waals surface area contributed by atoms with Gasteiger partial charge in [-0.15, -0.1) is 0 Å². The normalized spacial score (nSPS) is 11.9. The summed E-state index contributed by atoms with van der Waals surface area (Å²) in [6.45, 7) is 8.29. The molecule has 0 saturated heterocycles. The van der Waals surface area contributed by atoms with Crippen molar-refractivity contribution in [2.75, 3.05) is 0 Å². The van der Waals surface area contributed by atoms with Crippen molar-refractivity contribution in [1.29, 1.82) is 0 Å². The first kappa shape index (κ1) is 21.5. The van der Waals surface area contributed by atoms with Crippen LogP contribution >= 0.6 is 0 Å². The molecule has 0 spiro atoms. The summed E-state index contributed by atoms with van der Waals surface area (Å²) in [4.78, 5) is 25.0. The lowest BCUT2D eigenvalue weighted by atomic mass is 10.0. The first-order valence-electron chi connectivity index (χ1n) is 9.72. The van der Waals surface area contributed by atoms with E-state index in [1.807, 2.05) is 82.3 Å². The molecule has 2 amide bonds. The zero-order valence-corrected chi connectivity index (χ0v) is 17.1. The number of rotatable bonds is 9. The molecule has 0 aliphatic heterocycles. The van der Waals surface area contributed by atoms with E-state index < -0.39 is 6.04 Å². The largest absolute Gasteiger partial charge is 0.491 e. The Morgan fingerprint density at radius 2 is 1.57 bits per heavy atom. The lowest BCUT2D eigenvalue weighted by molar-refractivity contribution is -0.129. The first-order valence-corrected chi connectivity index (χ1v) is 9.72. The van der Waals surface area contributed by atoms with Crippen LogP contribution in [-0.2, 0) is 16.1 Å². The van der Waals surface area contributed by atoms with Crippen molar-refractivity contribution in [3.05, 3.63) is 65.7 Å². The molecular formula is C23H30N2O3. The average Bonchev–Trinajstić information content (AvgIpc) is 2.65. The molecule has 28 heavy (non-hydrogen) atoms. The van der Waals surface area contributed by atoms with Crippen LogP contribution in [0.1, 0.15) is 51.3 Å². The van der Waals surface area contributed by atoms with Gasteiger partial charge in [0.15, 0.2) is 0 Å². The summed E-state index contributed by atoms with van der Waals surface area (Å²) in [6, 6.07) is 16.2. The molecule has 0 bridgehead atoms. The first-order chi connectivity index (χ1) is 13.3. The highest BCUT2D eigenvalue weighted by Gasteiger charge is 2.22. The second kappa shape index (κ2) is 10.5. The van der Waals surface area contributed by atoms with E-state index >= 15 is 0 Å². The Kier molecular flexibility index (Phi) is 8.05. The highest BCUT2D eigenvalue weighted by Crippen LogP contribution is 2.16. The molecule has 2 aromatic carbocycles. The molecule has 5 heteroatoms. The van der Waals surface area contributed by atoms with Gasteiger partial charge in [-0.05, 0) is 43.0 Å². The van der Waals surface area contributed by atoms with Gasteiger partial charge in [-0.3, -0.25) is 9.59 Å². The topological polar surface area (TPSA) is 67.4 Å². The fourth-order valence-corrected chi connectivity index (χ4v) is 2.79. The van der Waals surface area contributed by atoms with E-state index in [-0.39, 0.29) is 23.8 Å². The number of nitrogens with one attached hydrogen (secondary N) is 2. The maximum absolute atomic E-state index is 12.8. The molecule has 0 aliphatic carbocycles. The molecule has 1 unspecified atom stereocenters. The van der Waals surface area contributed by atoms with Gasteiger partial charge < -0.3 is 15.4 Å². The SMILES string of the molecule is CC(C)CC(=O)NC(C(=O)NCc1ccc(OC(C)C)cc1)c1ccccc1. The van der Waals surface area contributed by atoms with Crippen LogP contribution in [0, 0.1) is 5.92 Å². The van der Waals surface area contributed by atoms with Crippen LogP contribution in [0.3, 0.4) is 0 Å². The molecular weight excluding hydrogens is 352 g/mol. The predicted octanol–water partition coefficient (Wildman–Crippen LogP) is 3.99. The number of benzene rings is 2. The summed E-state index contributed by atoms with van der Waals surface area (Å²) < 4.78 is 5.63. The van der Waals surface area contributed by atoms with Gasteiger partial charge >= 0.3 is 0 Å². The van der Waals surface area contributed by atoms with E-state index in [0.29, 0.717) is 13.0 Å². The van der Waals surface area contributed by atoms with Crippen molar-refractivity contribution in [3.63, 3.8) is 0 Å². The lowest BCUT2D eigenvalue weighted by Crippen LogP contribution is -2.40. The summed E-state index contributed by atoms with van der Waals surface area (Å²) in [5.41, 5.74) is 1.72. The van der Waals surface area contributed by atoms with Crippen LogP contribution in [0.5, 0.6) is 5.75 Å². The third kappa shape index (κ3) is 7.06. The van der Waals surface area contributed by atoms with Crippen LogP contribution in [-0.4, -0.2) is 17.9 Å². The van der Waals surface area contributed by atoms with Gasteiger partial charge in [0.05, 0.1) is 6.10 Å². The van der Waals surface area contributed by atoms with Crippen LogP contribution in [0.25, 0.3) is 0 Å². The summed E-state index contributed by atoms with van der Waals surface area (Å²) in [5, 5.41) is 5.78. The molecule has 0 heterocycles. The third-order valence-corrected chi connectivity index (χ3v) is 4.06. The Morgan fingerprint density at radius 3 is 2.14 bits per heavy atom. The quantitative estimate of drug-likeness (QED) is 0.689. The Balaban J connectivity index is 2.02. The van der Waals surface area contributed by atoms with Gasteiger partial charge in [0.1, 0.15) is 11.8 Å². The van der Waals surface area contributed by atoms with Gasteiger partial charge in [0.2, 0.25) is 11.8 Å². The van der Waals surface area contributed by atoms with E-state index in [0.717, 1.165) is 16.9 Å². The zero-order valence-electron chi connectivity index (χ0n) is 17.1. The van der Waals surface area contributed by atoms with Crippen LogP contribution in [0.4, 0.5) is 0 Å². The molecule has 2 aromatic rings. The summed E-state index contributed by atoms with van der Waals surface area (Å²) in [6.07, 6.45) is 0.500. The van der Waals surface area contributed by atoms with E-state index in [1.54, 1.807) is 0 Å². The third-order valence-electron chi connectivity index (χ3n) is 4.06. The number of carbonyl (C=O) groups is 2. The summed E-state index contributed by atoms with van der Waals surface area (Å²) in [5.74, 6) is 0.666. The molecule has 150 valence electrons. The minimum absolute atomic E-state index is 0.117. The molecule has 5 nitrogen and oxygen atoms in total. The van der Waals surface area contributed by atoms with Gasteiger partial charge in [-0.1, -0.05) is 56.3 Å². The monoisotopic (exact) mass is 382 g/mol. The highest BCUT2D eigenvalue weighted by molar-refractivity contribution is 5.88. The van der Waals surface area contributed by atoms with Gasteiger partial charge in [0.25, 0.3) is 0 Å². The van der Waals surface area contributed by atoms with Crippen molar-refractivity contribution in [2.45, 2.75) is 52.8 Å². The van der Waals surface area contributed by atoms with Crippen molar-refractivity contribution in [1.82, 2.24) is 10.6 Å². The van der Waals surface area contributed by atoms with Crippen LogP contribution in [0.15, 0.2) is 54.6 Å². The standard InChI is InChI=1S/C23H30N2O3/c1-16(2)14-21(26)25-22(19-8-6-5-7-9-19)23(27)24-15-18-10-12-20(13-11-18)28-17(3)4/h5-13,16-17,22H,14-15H2,1-4H3,(H,24,27)(H,25,26). The Labute approximate surface area is 167 Å². The molecule has 0 radical (unpaired) electrons. The molecule has 0 fully saturated rings.